The summed E-state index contributed by atoms with van der Waals surface area (Å²) in [5, 5.41) is 6.70. The van der Waals surface area contributed by atoms with Crippen LogP contribution >= 0.6 is 11.3 Å². The number of nitrogens with two attached hydrogens (primary N) is 1. The Morgan fingerprint density at radius 1 is 1.12 bits per heavy atom. The molecule has 1 aromatic carbocycles. The molecule has 0 aliphatic heterocycles. The highest BCUT2D eigenvalue weighted by molar-refractivity contribution is 7.13. The highest BCUT2D eigenvalue weighted by Gasteiger charge is 2.52. The summed E-state index contributed by atoms with van der Waals surface area (Å²) in [6.45, 7) is 0. The van der Waals surface area contributed by atoms with E-state index in [0.717, 1.165) is 28.4 Å². The van der Waals surface area contributed by atoms with E-state index < -0.39 is 5.91 Å². The van der Waals surface area contributed by atoms with Gasteiger partial charge in [-0.1, -0.05) is 30.3 Å². The van der Waals surface area contributed by atoms with Gasteiger partial charge in [0.15, 0.2) is 10.8 Å². The zero-order chi connectivity index (χ0) is 21.7. The Morgan fingerprint density at radius 2 is 1.81 bits per heavy atom. The van der Waals surface area contributed by atoms with E-state index in [1.807, 2.05) is 18.2 Å². The third-order valence-corrected chi connectivity index (χ3v) is 8.51. The van der Waals surface area contributed by atoms with Crippen LogP contribution in [0.15, 0.2) is 46.4 Å². The Labute approximate surface area is 191 Å². The van der Waals surface area contributed by atoms with E-state index in [-0.39, 0.29) is 17.2 Å². The Kier molecular flexibility index (Phi) is 4.82. The summed E-state index contributed by atoms with van der Waals surface area (Å²) in [7, 11) is 0. The molecule has 2 heterocycles. The van der Waals surface area contributed by atoms with Gasteiger partial charge >= 0.3 is 0 Å². The number of carbonyl (C=O) groups is 1. The van der Waals surface area contributed by atoms with Gasteiger partial charge in [0.1, 0.15) is 12.3 Å². The first kappa shape index (κ1) is 20.0. The van der Waals surface area contributed by atoms with Gasteiger partial charge in [-0.25, -0.2) is 9.97 Å². The number of anilines is 1. The molecule has 7 rings (SSSR count). The average molecular weight is 449 g/mol. The summed E-state index contributed by atoms with van der Waals surface area (Å²) < 4.78 is 5.64. The number of carbonyl (C=O) groups excluding carboxylic acids is 1. The van der Waals surface area contributed by atoms with Crippen molar-refractivity contribution in [3.05, 3.63) is 64.8 Å². The number of hydrogen-bond acceptors (Lipinski definition) is 6. The van der Waals surface area contributed by atoms with Crippen LogP contribution in [0.4, 0.5) is 5.13 Å². The van der Waals surface area contributed by atoms with E-state index in [9.17, 15) is 4.79 Å². The number of nitrogens with zero attached hydrogens (tertiary/aromatic N) is 2. The fourth-order valence-corrected chi connectivity index (χ4v) is 7.66. The van der Waals surface area contributed by atoms with Gasteiger partial charge in [-0.05, 0) is 61.8 Å². The molecule has 0 unspecified atom stereocenters. The van der Waals surface area contributed by atoms with Gasteiger partial charge < -0.3 is 15.5 Å². The summed E-state index contributed by atoms with van der Waals surface area (Å²) in [6, 6.07) is 9.96. The minimum atomic E-state index is -0.586. The van der Waals surface area contributed by atoms with Crippen molar-refractivity contribution in [2.45, 2.75) is 56.4 Å². The van der Waals surface area contributed by atoms with Crippen LogP contribution in [0, 0.1) is 17.8 Å². The molecule has 4 fully saturated rings. The number of oxazole rings is 1. The summed E-state index contributed by atoms with van der Waals surface area (Å²) in [6.07, 6.45) is 10.2. The molecule has 0 saturated heterocycles. The van der Waals surface area contributed by atoms with Crippen LogP contribution in [0.2, 0.25) is 0 Å². The van der Waals surface area contributed by atoms with Crippen molar-refractivity contribution in [1.29, 1.82) is 0 Å². The Balaban J connectivity index is 1.26. The third kappa shape index (κ3) is 3.62. The highest BCUT2D eigenvalue weighted by Crippen LogP contribution is 2.60. The monoisotopic (exact) mass is 448 g/mol. The van der Waals surface area contributed by atoms with E-state index >= 15 is 0 Å². The predicted molar refractivity (Wildman–Crippen MR) is 123 cm³/mol. The van der Waals surface area contributed by atoms with Gasteiger partial charge in [-0.3, -0.25) is 4.79 Å². The Bertz CT molecular complexity index is 1090. The molecule has 1 atom stereocenters. The molecular formula is C25H28N4O2S. The molecule has 4 saturated carbocycles. The maximum Gasteiger partial charge on any atom is 0.270 e. The number of nitrogens with one attached hydrogen (secondary N) is 1. The van der Waals surface area contributed by atoms with E-state index in [4.69, 9.17) is 15.1 Å². The molecular weight excluding hydrogens is 420 g/mol. The topological polar surface area (TPSA) is 94.0 Å². The maximum atomic E-state index is 11.5. The first-order chi connectivity index (χ1) is 15.6. The van der Waals surface area contributed by atoms with Crippen molar-refractivity contribution < 1.29 is 9.21 Å². The van der Waals surface area contributed by atoms with E-state index in [2.05, 4.69) is 27.8 Å². The fraction of sp³-hybridized carbons (Fsp3) is 0.480. The Hall–Kier alpha value is -2.67. The van der Waals surface area contributed by atoms with Crippen molar-refractivity contribution in [2.75, 3.05) is 5.32 Å². The molecule has 3 N–H and O–H groups in total. The van der Waals surface area contributed by atoms with Crippen LogP contribution < -0.4 is 11.1 Å². The first-order valence-electron chi connectivity index (χ1n) is 11.6. The summed E-state index contributed by atoms with van der Waals surface area (Å²) in [4.78, 5) is 21.0. The van der Waals surface area contributed by atoms with E-state index in [1.54, 1.807) is 11.3 Å². The molecule has 32 heavy (non-hydrogen) atoms. The second-order valence-corrected chi connectivity index (χ2v) is 10.9. The summed E-state index contributed by atoms with van der Waals surface area (Å²) in [5.74, 6) is 2.55. The number of amides is 1. The van der Waals surface area contributed by atoms with Crippen LogP contribution in [0.25, 0.3) is 0 Å². The van der Waals surface area contributed by atoms with Crippen LogP contribution in [-0.2, 0) is 11.8 Å². The number of thiazole rings is 1. The molecule has 2 aromatic heterocycles. The lowest BCUT2D eigenvalue weighted by Crippen LogP contribution is -2.48. The van der Waals surface area contributed by atoms with Crippen molar-refractivity contribution >= 4 is 22.4 Å². The van der Waals surface area contributed by atoms with Crippen molar-refractivity contribution in [3.8, 4) is 0 Å². The summed E-state index contributed by atoms with van der Waals surface area (Å²) >= 11 is 1.66. The number of aromatic nitrogens is 2. The minimum Gasteiger partial charge on any atom is -0.446 e. The number of hydrogen-bond donors (Lipinski definition) is 2. The quantitative estimate of drug-likeness (QED) is 0.525. The van der Waals surface area contributed by atoms with Gasteiger partial charge in [-0.2, -0.15) is 0 Å². The Morgan fingerprint density at radius 3 is 2.44 bits per heavy atom. The van der Waals surface area contributed by atoms with Crippen molar-refractivity contribution in [1.82, 2.24) is 9.97 Å². The van der Waals surface area contributed by atoms with Crippen LogP contribution in [0.5, 0.6) is 0 Å². The summed E-state index contributed by atoms with van der Waals surface area (Å²) in [5.41, 5.74) is 8.24. The highest BCUT2D eigenvalue weighted by atomic mass is 32.1. The predicted octanol–water partition coefficient (Wildman–Crippen LogP) is 5.09. The van der Waals surface area contributed by atoms with Gasteiger partial charge in [0.2, 0.25) is 5.89 Å². The molecule has 7 heteroatoms. The lowest BCUT2D eigenvalue weighted by Gasteiger charge is -2.56. The largest absolute Gasteiger partial charge is 0.446 e. The zero-order valence-corrected chi connectivity index (χ0v) is 18.8. The molecule has 4 aliphatic rings. The lowest BCUT2D eigenvalue weighted by atomic mass is 9.49. The molecule has 0 radical (unpaired) electrons. The fourth-order valence-electron chi connectivity index (χ4n) is 6.77. The molecule has 4 aliphatic carbocycles. The van der Waals surface area contributed by atoms with Crippen LogP contribution in [-0.4, -0.2) is 15.9 Å². The molecule has 1 amide bonds. The molecule has 166 valence electrons. The second kappa shape index (κ2) is 7.73. The lowest BCUT2D eigenvalue weighted by molar-refractivity contribution is -0.00688. The average Bonchev–Trinajstić information content (AvgIpc) is 3.44. The maximum absolute atomic E-state index is 11.5. The first-order valence-corrected chi connectivity index (χ1v) is 12.5. The third-order valence-electron chi connectivity index (χ3n) is 7.74. The van der Waals surface area contributed by atoms with Gasteiger partial charge in [0, 0.05) is 17.2 Å². The van der Waals surface area contributed by atoms with Crippen LogP contribution in [0.1, 0.15) is 72.2 Å². The van der Waals surface area contributed by atoms with Crippen molar-refractivity contribution in [2.24, 2.45) is 23.5 Å². The van der Waals surface area contributed by atoms with Crippen molar-refractivity contribution in [3.63, 3.8) is 0 Å². The number of benzene rings is 1. The minimum absolute atomic E-state index is 0.147. The number of rotatable bonds is 7. The van der Waals surface area contributed by atoms with E-state index in [0.29, 0.717) is 12.3 Å². The van der Waals surface area contributed by atoms with E-state index in [1.165, 1.54) is 50.5 Å². The standard InChI is InChI=1S/C25H28N4O2S/c26-22(30)20-13-31-23(27-20)19(9-15-4-2-1-3-5-15)28-24-29-21(14-32-24)25-10-16-6-17(11-25)8-18(7-16)12-25/h1-5,13-14,16-19H,6-12H2,(H2,26,30)(H,28,29)/t16?,17?,18?,19-,25?/m0/s1. The smallest absolute Gasteiger partial charge is 0.270 e. The normalized spacial score (nSPS) is 29.2. The van der Waals surface area contributed by atoms with Gasteiger partial charge in [0.25, 0.3) is 5.91 Å². The SMILES string of the molecule is NC(=O)c1coc([C@H](Cc2ccccc2)Nc2nc(C34CC5CC(CC(C5)C3)C4)cs2)n1. The molecule has 4 bridgehead atoms. The van der Waals surface area contributed by atoms with Crippen LogP contribution in [0.3, 0.4) is 0 Å². The zero-order valence-electron chi connectivity index (χ0n) is 18.0. The van der Waals surface area contributed by atoms with Gasteiger partial charge in [-0.15, -0.1) is 11.3 Å². The molecule has 3 aromatic rings. The molecule has 6 nitrogen and oxygen atoms in total. The second-order valence-electron chi connectivity index (χ2n) is 10.1. The number of primary amides is 1. The van der Waals surface area contributed by atoms with Gasteiger partial charge in [0.05, 0.1) is 5.69 Å². The molecule has 0 spiro atoms.